The Balaban J connectivity index is 1.82. The fourth-order valence-electron chi connectivity index (χ4n) is 4.31. The van der Waals surface area contributed by atoms with Gasteiger partial charge in [-0.2, -0.15) is 0 Å². The molecule has 3 rings (SSSR count). The maximum atomic E-state index is 3.74. The molecule has 0 fully saturated rings. The number of aryl methyl sites for hydroxylation is 2. The molecular weight excluding hydrogens is 432 g/mol. The van der Waals surface area contributed by atoms with E-state index in [1.807, 2.05) is 0 Å². The van der Waals surface area contributed by atoms with Crippen molar-refractivity contribution in [1.82, 2.24) is 10.9 Å². The summed E-state index contributed by atoms with van der Waals surface area (Å²) in [6, 6.07) is 16.0. The van der Waals surface area contributed by atoms with Gasteiger partial charge >= 0.3 is 0 Å². The first kappa shape index (κ1) is 23.1. The zero-order valence-corrected chi connectivity index (χ0v) is 20.2. The van der Waals surface area contributed by atoms with Crippen LogP contribution in [0.4, 0.5) is 0 Å². The van der Waals surface area contributed by atoms with Gasteiger partial charge in [-0.15, -0.1) is 0 Å². The molecule has 1 heterocycles. The predicted octanol–water partition coefficient (Wildman–Crippen LogP) is 7.88. The van der Waals surface area contributed by atoms with Crippen LogP contribution >= 0.6 is 15.9 Å². The summed E-state index contributed by atoms with van der Waals surface area (Å²) in [5.41, 5.74) is 13.7. The minimum Gasteiger partial charge on any atom is -0.328 e. The van der Waals surface area contributed by atoms with Gasteiger partial charge in [-0.25, -0.2) is 5.43 Å². The molecule has 162 valence electrons. The van der Waals surface area contributed by atoms with Crippen molar-refractivity contribution in [3.8, 4) is 0 Å². The van der Waals surface area contributed by atoms with Gasteiger partial charge in [0.05, 0.1) is 6.04 Å². The molecule has 3 heteroatoms. The van der Waals surface area contributed by atoms with Crippen molar-refractivity contribution in [2.24, 2.45) is 0 Å². The van der Waals surface area contributed by atoms with E-state index >= 15 is 0 Å². The maximum Gasteiger partial charge on any atom is 0.0780 e. The fraction of sp³-hybridized carbons (Fsp3) is 0.481. The van der Waals surface area contributed by atoms with Crippen LogP contribution in [0.5, 0.6) is 0 Å². The predicted molar refractivity (Wildman–Crippen MR) is 133 cm³/mol. The van der Waals surface area contributed by atoms with E-state index in [2.05, 4.69) is 89.3 Å². The number of rotatable bonds is 12. The van der Waals surface area contributed by atoms with Gasteiger partial charge in [0.25, 0.3) is 0 Å². The lowest BCUT2D eigenvalue weighted by molar-refractivity contribution is 0.613. The molecule has 1 aliphatic heterocycles. The van der Waals surface area contributed by atoms with Crippen molar-refractivity contribution in [3.63, 3.8) is 0 Å². The summed E-state index contributed by atoms with van der Waals surface area (Å²) in [6.45, 7) is 4.56. The van der Waals surface area contributed by atoms with E-state index < -0.39 is 0 Å². The highest BCUT2D eigenvalue weighted by Gasteiger charge is 2.24. The molecule has 0 amide bonds. The van der Waals surface area contributed by atoms with Crippen molar-refractivity contribution in [2.45, 2.75) is 84.1 Å². The average Bonchev–Trinajstić information content (AvgIpc) is 3.24. The van der Waals surface area contributed by atoms with Crippen LogP contribution in [-0.2, 0) is 12.8 Å². The molecule has 2 nitrogen and oxygen atoms in total. The molecule has 2 aromatic carbocycles. The van der Waals surface area contributed by atoms with E-state index in [9.17, 15) is 0 Å². The van der Waals surface area contributed by atoms with Crippen molar-refractivity contribution in [2.75, 3.05) is 0 Å². The van der Waals surface area contributed by atoms with Crippen LogP contribution in [0.15, 0.2) is 53.1 Å². The van der Waals surface area contributed by atoms with Crippen LogP contribution < -0.4 is 10.9 Å². The largest absolute Gasteiger partial charge is 0.328 e. The first-order valence-corrected chi connectivity index (χ1v) is 12.6. The van der Waals surface area contributed by atoms with Crippen LogP contribution in [-0.4, -0.2) is 0 Å². The Morgan fingerprint density at radius 2 is 1.43 bits per heavy atom. The number of hydrazine groups is 1. The molecule has 0 radical (unpaired) electrons. The van der Waals surface area contributed by atoms with Crippen molar-refractivity contribution in [3.05, 3.63) is 75.4 Å². The van der Waals surface area contributed by atoms with Gasteiger partial charge in [-0.1, -0.05) is 105 Å². The maximum absolute atomic E-state index is 3.74. The van der Waals surface area contributed by atoms with Gasteiger partial charge in [-0.3, -0.25) is 0 Å². The van der Waals surface area contributed by atoms with Crippen LogP contribution in [0, 0.1) is 0 Å². The lowest BCUT2D eigenvalue weighted by Crippen LogP contribution is -2.25. The summed E-state index contributed by atoms with van der Waals surface area (Å²) in [7, 11) is 0. The van der Waals surface area contributed by atoms with Gasteiger partial charge in [0.2, 0.25) is 0 Å². The summed E-state index contributed by atoms with van der Waals surface area (Å²) < 4.78 is 1.14. The second-order valence-electron chi connectivity index (χ2n) is 8.51. The second-order valence-corrected chi connectivity index (χ2v) is 9.36. The minimum absolute atomic E-state index is 0.175. The van der Waals surface area contributed by atoms with Crippen LogP contribution in [0.3, 0.4) is 0 Å². The van der Waals surface area contributed by atoms with E-state index in [1.165, 1.54) is 92.0 Å². The minimum atomic E-state index is 0.175. The highest BCUT2D eigenvalue weighted by atomic mass is 79.9. The molecule has 30 heavy (non-hydrogen) atoms. The quantitative estimate of drug-likeness (QED) is 0.309. The van der Waals surface area contributed by atoms with E-state index in [0.717, 1.165) is 4.47 Å². The molecule has 2 N–H and O–H groups in total. The molecular formula is C27H37BrN2. The third kappa shape index (κ3) is 6.46. The lowest BCUT2D eigenvalue weighted by atomic mass is 9.90. The van der Waals surface area contributed by atoms with Crippen LogP contribution in [0.25, 0.3) is 5.57 Å². The van der Waals surface area contributed by atoms with Gasteiger partial charge < -0.3 is 5.43 Å². The van der Waals surface area contributed by atoms with Crippen molar-refractivity contribution < 1.29 is 0 Å². The Morgan fingerprint density at radius 1 is 0.800 bits per heavy atom. The Morgan fingerprint density at radius 3 is 2.03 bits per heavy atom. The zero-order chi connectivity index (χ0) is 21.2. The molecule has 0 saturated carbocycles. The first-order valence-electron chi connectivity index (χ1n) is 11.8. The summed E-state index contributed by atoms with van der Waals surface area (Å²) in [5.74, 6) is 0. The van der Waals surface area contributed by atoms with Gasteiger partial charge in [-0.05, 0) is 54.0 Å². The third-order valence-electron chi connectivity index (χ3n) is 6.00. The molecule has 0 aromatic heterocycles. The average molecular weight is 470 g/mol. The highest BCUT2D eigenvalue weighted by Crippen LogP contribution is 2.36. The monoisotopic (exact) mass is 468 g/mol. The number of benzene rings is 2. The number of unbranched alkanes of at least 4 members (excludes halogenated alkanes) is 6. The smallest absolute Gasteiger partial charge is 0.0780 e. The molecule has 1 atom stereocenters. The normalized spacial score (nSPS) is 15.8. The highest BCUT2D eigenvalue weighted by molar-refractivity contribution is 9.10. The van der Waals surface area contributed by atoms with Crippen molar-refractivity contribution in [1.29, 1.82) is 0 Å². The Hall–Kier alpha value is -1.58. The SMILES string of the molecule is CCCCCCc1cc(CCCCCC)cc(C2NNC=C2c2ccccc2Br)c1. The molecule has 1 unspecified atom stereocenters. The molecule has 0 aliphatic carbocycles. The first-order chi connectivity index (χ1) is 14.7. The van der Waals surface area contributed by atoms with E-state index in [-0.39, 0.29) is 6.04 Å². The number of nitrogens with one attached hydrogen (secondary N) is 2. The fourth-order valence-corrected chi connectivity index (χ4v) is 4.83. The molecule has 0 spiro atoms. The van der Waals surface area contributed by atoms with E-state index in [1.54, 1.807) is 0 Å². The third-order valence-corrected chi connectivity index (χ3v) is 6.69. The second kappa shape index (κ2) is 12.3. The summed E-state index contributed by atoms with van der Waals surface area (Å²) in [6.07, 6.45) is 15.0. The number of hydrogen-bond acceptors (Lipinski definition) is 2. The summed E-state index contributed by atoms with van der Waals surface area (Å²) in [5, 5.41) is 0. The van der Waals surface area contributed by atoms with Crippen LogP contribution in [0.1, 0.15) is 93.5 Å². The molecule has 0 bridgehead atoms. The van der Waals surface area contributed by atoms with Crippen molar-refractivity contribution >= 4 is 21.5 Å². The van der Waals surface area contributed by atoms with E-state index in [4.69, 9.17) is 0 Å². The van der Waals surface area contributed by atoms with Crippen LogP contribution in [0.2, 0.25) is 0 Å². The lowest BCUT2D eigenvalue weighted by Gasteiger charge is -2.19. The van der Waals surface area contributed by atoms with Gasteiger partial charge in [0.1, 0.15) is 0 Å². The zero-order valence-electron chi connectivity index (χ0n) is 18.6. The Kier molecular flexibility index (Phi) is 9.48. The standard InChI is InChI=1S/C27H37BrN2/c1-3-5-7-9-13-21-17-22(14-10-8-6-4-2)19-23(18-21)27-25(20-29-30-27)24-15-11-12-16-26(24)28/h11-12,15-20,27,29-30H,3-10,13-14H2,1-2H3. The molecule has 0 saturated heterocycles. The Labute approximate surface area is 191 Å². The Bertz CT molecular complexity index is 797. The number of hydrogen-bond donors (Lipinski definition) is 2. The topological polar surface area (TPSA) is 24.1 Å². The van der Waals surface area contributed by atoms with Gasteiger partial charge in [0.15, 0.2) is 0 Å². The van der Waals surface area contributed by atoms with E-state index in [0.29, 0.717) is 0 Å². The molecule has 1 aliphatic rings. The molecule has 2 aromatic rings. The number of halogens is 1. The summed E-state index contributed by atoms with van der Waals surface area (Å²) >= 11 is 3.74. The van der Waals surface area contributed by atoms with Gasteiger partial charge in [0, 0.05) is 16.2 Å². The summed E-state index contributed by atoms with van der Waals surface area (Å²) in [4.78, 5) is 0.